The zero-order valence-electron chi connectivity index (χ0n) is 10.3. The molecule has 1 fully saturated rings. The van der Waals surface area contributed by atoms with Gasteiger partial charge in [0, 0.05) is 0 Å². The first kappa shape index (κ1) is 13.5. The van der Waals surface area contributed by atoms with E-state index in [0.29, 0.717) is 11.3 Å². The van der Waals surface area contributed by atoms with Crippen molar-refractivity contribution in [3.63, 3.8) is 0 Å². The van der Waals surface area contributed by atoms with Gasteiger partial charge >= 0.3 is 113 Å². The van der Waals surface area contributed by atoms with Crippen molar-refractivity contribution in [2.75, 3.05) is 25.1 Å². The second kappa shape index (κ2) is 5.00. The summed E-state index contributed by atoms with van der Waals surface area (Å²) in [4.78, 5) is 13.0. The molecule has 1 aromatic carbocycles. The Kier molecular flexibility index (Phi) is 3.76. The Morgan fingerprint density at radius 2 is 2.17 bits per heavy atom. The Hall–Kier alpha value is -0.893. The minimum absolute atomic E-state index is 0.108. The van der Waals surface area contributed by atoms with Crippen LogP contribution in [-0.2, 0) is 9.53 Å². The van der Waals surface area contributed by atoms with Gasteiger partial charge in [0.2, 0.25) is 0 Å². The Morgan fingerprint density at radius 1 is 1.50 bits per heavy atom. The Bertz CT molecular complexity index is 459. The Labute approximate surface area is 113 Å². The first-order chi connectivity index (χ1) is 8.43. The molecular formula is C12H12F2LiNO2. The van der Waals surface area contributed by atoms with E-state index < -0.39 is 12.0 Å². The number of halogens is 2. The van der Waals surface area contributed by atoms with Gasteiger partial charge in [-0.25, -0.2) is 0 Å². The van der Waals surface area contributed by atoms with E-state index in [4.69, 9.17) is 4.74 Å². The number of carbonyl (C=O) groups excluding carboxylic acids is 1. The van der Waals surface area contributed by atoms with Gasteiger partial charge in [0.05, 0.1) is 0 Å². The van der Waals surface area contributed by atoms with Crippen LogP contribution in [0.2, 0.25) is 0 Å². The molecule has 0 N–H and O–H groups in total. The number of rotatable bonds is 4. The first-order valence-electron chi connectivity index (χ1n) is 5.69. The van der Waals surface area contributed by atoms with Crippen LogP contribution in [-0.4, -0.2) is 48.3 Å². The summed E-state index contributed by atoms with van der Waals surface area (Å²) in [6.07, 6.45) is -0.633. The van der Waals surface area contributed by atoms with Crippen molar-refractivity contribution in [2.24, 2.45) is 0 Å². The monoisotopic (exact) mass is 247 g/mol. The van der Waals surface area contributed by atoms with Crippen LogP contribution in [0, 0.1) is 0 Å². The molecule has 2 rings (SSSR count). The standard InChI is InChI=1S/C12H12F2NO2.Li/c1-17-11(6-16)9-3-2-4-10(5-9)15-7-12(13,14)8-15;/h2-5,11H,7-8H2,1H3;. The normalized spacial score (nSPS) is 19.3. The third-order valence-electron chi connectivity index (χ3n) is 2.99. The van der Waals surface area contributed by atoms with Gasteiger partial charge in [0.1, 0.15) is 0 Å². The van der Waals surface area contributed by atoms with Gasteiger partial charge in [-0.1, -0.05) is 0 Å². The predicted molar refractivity (Wildman–Crippen MR) is 64.1 cm³/mol. The molecule has 1 heterocycles. The van der Waals surface area contributed by atoms with Crippen LogP contribution in [0.15, 0.2) is 24.3 Å². The second-order valence-electron chi connectivity index (χ2n) is 4.53. The predicted octanol–water partition coefficient (Wildman–Crippen LogP) is 1.52. The van der Waals surface area contributed by atoms with Crippen molar-refractivity contribution in [1.82, 2.24) is 0 Å². The maximum absolute atomic E-state index is 12.8. The van der Waals surface area contributed by atoms with Gasteiger partial charge in [-0.05, 0) is 0 Å². The zero-order valence-corrected chi connectivity index (χ0v) is 10.3. The van der Waals surface area contributed by atoms with Gasteiger partial charge in [0.15, 0.2) is 0 Å². The van der Waals surface area contributed by atoms with Crippen LogP contribution in [0.4, 0.5) is 14.5 Å². The summed E-state index contributed by atoms with van der Waals surface area (Å²) in [5.74, 6) is -2.60. The molecule has 18 heavy (non-hydrogen) atoms. The number of methoxy groups -OCH3 is 1. The van der Waals surface area contributed by atoms with Gasteiger partial charge in [-0.3, -0.25) is 0 Å². The maximum atomic E-state index is 12.8. The molecule has 0 bridgehead atoms. The number of alkyl halides is 2. The average Bonchev–Trinajstić information content (AvgIpc) is 2.26. The number of ether oxygens (including phenoxy) is 1. The molecule has 1 unspecified atom stereocenters. The van der Waals surface area contributed by atoms with Gasteiger partial charge in [0.25, 0.3) is 0 Å². The van der Waals surface area contributed by atoms with Crippen LogP contribution >= 0.6 is 0 Å². The van der Waals surface area contributed by atoms with Crippen LogP contribution < -0.4 is 4.90 Å². The molecule has 3 nitrogen and oxygen atoms in total. The molecule has 1 aromatic rings. The van der Waals surface area contributed by atoms with E-state index in [-0.39, 0.29) is 17.5 Å². The summed E-state index contributed by atoms with van der Waals surface area (Å²) >= 11 is 1.44. The summed E-state index contributed by atoms with van der Waals surface area (Å²) in [7, 11) is 1.45. The summed E-state index contributed by atoms with van der Waals surface area (Å²) < 4.78 is 30.6. The van der Waals surface area contributed by atoms with E-state index in [1.807, 2.05) is 0 Å². The van der Waals surface area contributed by atoms with Crippen LogP contribution in [0.25, 0.3) is 0 Å². The topological polar surface area (TPSA) is 29.5 Å². The van der Waals surface area contributed by atoms with Gasteiger partial charge < -0.3 is 0 Å². The Balaban J connectivity index is 2.18. The number of nitrogens with zero attached hydrogens (tertiary/aromatic N) is 1. The minimum atomic E-state index is -2.60. The van der Waals surface area contributed by atoms with Gasteiger partial charge in [-0.15, -0.1) is 0 Å². The molecule has 1 atom stereocenters. The average molecular weight is 247 g/mol. The molecule has 0 aliphatic carbocycles. The van der Waals surface area contributed by atoms with E-state index in [1.165, 1.54) is 24.8 Å². The van der Waals surface area contributed by atoms with E-state index in [1.54, 1.807) is 29.2 Å². The fourth-order valence-corrected chi connectivity index (χ4v) is 2.12. The molecule has 1 aliphatic rings. The van der Waals surface area contributed by atoms with E-state index in [2.05, 4.69) is 0 Å². The quantitative estimate of drug-likeness (QED) is 0.755. The van der Waals surface area contributed by atoms with Crippen molar-refractivity contribution in [1.29, 1.82) is 0 Å². The zero-order chi connectivity index (χ0) is 13.3. The molecule has 6 heteroatoms. The van der Waals surface area contributed by atoms with E-state index in [0.717, 1.165) is 0 Å². The van der Waals surface area contributed by atoms with Crippen LogP contribution in [0.1, 0.15) is 11.7 Å². The van der Waals surface area contributed by atoms with E-state index in [9.17, 15) is 13.6 Å². The Morgan fingerprint density at radius 3 is 2.67 bits per heavy atom. The number of hydrogen-bond acceptors (Lipinski definition) is 3. The summed E-state index contributed by atoms with van der Waals surface area (Å²) in [6, 6.07) is 6.99. The van der Waals surface area contributed by atoms with Crippen LogP contribution in [0.3, 0.4) is 0 Å². The number of anilines is 1. The molecule has 1 aliphatic heterocycles. The third kappa shape index (κ3) is 2.74. The molecule has 0 aromatic heterocycles. The van der Waals surface area contributed by atoms with Crippen molar-refractivity contribution >= 4 is 27.9 Å². The number of hydrogen-bond donors (Lipinski definition) is 0. The van der Waals surface area contributed by atoms with Crippen LogP contribution in [0.5, 0.6) is 0 Å². The number of carbonyl (C=O) groups is 1. The third-order valence-corrected chi connectivity index (χ3v) is 2.99. The van der Waals surface area contributed by atoms with Crippen molar-refractivity contribution in [3.05, 3.63) is 29.8 Å². The molecule has 0 saturated carbocycles. The summed E-state index contributed by atoms with van der Waals surface area (Å²) in [5.41, 5.74) is 1.39. The van der Waals surface area contributed by atoms with Crippen molar-refractivity contribution in [2.45, 2.75) is 12.0 Å². The SMILES string of the molecule is [Li][C](=O)C(OC)c1cccc(N2CC(F)(F)C2)c1. The molecular weight excluding hydrogens is 235 g/mol. The van der Waals surface area contributed by atoms with Gasteiger partial charge in [-0.2, -0.15) is 0 Å². The van der Waals surface area contributed by atoms with E-state index >= 15 is 0 Å². The fraction of sp³-hybridized carbons (Fsp3) is 0.417. The van der Waals surface area contributed by atoms with Crippen molar-refractivity contribution < 1.29 is 18.3 Å². The first-order valence-corrected chi connectivity index (χ1v) is 5.69. The molecule has 0 spiro atoms. The summed E-state index contributed by atoms with van der Waals surface area (Å²) in [5, 5.41) is 0. The summed E-state index contributed by atoms with van der Waals surface area (Å²) in [6.45, 7) is -0.539. The molecule has 92 valence electrons. The molecule has 0 radical (unpaired) electrons. The molecule has 0 amide bonds. The fourth-order valence-electron chi connectivity index (χ4n) is 2.12. The number of benzene rings is 1. The second-order valence-corrected chi connectivity index (χ2v) is 4.53. The van der Waals surface area contributed by atoms with Crippen molar-refractivity contribution in [3.8, 4) is 0 Å². The molecule has 1 saturated heterocycles.